The second-order valence-electron chi connectivity index (χ2n) is 4.48. The Morgan fingerprint density at radius 2 is 1.90 bits per heavy atom. The molecule has 21 heavy (non-hydrogen) atoms. The summed E-state index contributed by atoms with van der Waals surface area (Å²) in [6.45, 7) is 4.66. The highest BCUT2D eigenvalue weighted by atomic mass is 127. The van der Waals surface area contributed by atoms with Crippen molar-refractivity contribution in [3.8, 4) is 0 Å². The Morgan fingerprint density at radius 3 is 2.43 bits per heavy atom. The van der Waals surface area contributed by atoms with E-state index in [0.717, 1.165) is 24.2 Å². The van der Waals surface area contributed by atoms with Crippen molar-refractivity contribution < 1.29 is 4.52 Å². The highest BCUT2D eigenvalue weighted by molar-refractivity contribution is 14.0. The minimum absolute atomic E-state index is 0. The van der Waals surface area contributed by atoms with Crippen molar-refractivity contribution in [1.82, 2.24) is 5.16 Å². The molecule has 0 atom stereocenters. The second-order valence-corrected chi connectivity index (χ2v) is 4.48. The molecule has 6 heteroatoms. The van der Waals surface area contributed by atoms with E-state index in [1.165, 1.54) is 17.4 Å². The molecule has 3 N–H and O–H groups in total. The monoisotopic (exact) mass is 400 g/mol. The van der Waals surface area contributed by atoms with Crippen molar-refractivity contribution in [1.29, 1.82) is 0 Å². The van der Waals surface area contributed by atoms with E-state index < -0.39 is 0 Å². The molecule has 2 rings (SSSR count). The molecule has 0 unspecified atom stereocenters. The van der Waals surface area contributed by atoms with E-state index in [1.54, 1.807) is 6.07 Å². The van der Waals surface area contributed by atoms with Crippen LogP contribution in [-0.2, 0) is 19.4 Å². The zero-order valence-corrected chi connectivity index (χ0v) is 14.6. The molecular formula is C15H21IN4O. The Morgan fingerprint density at radius 1 is 1.24 bits per heavy atom. The first kappa shape index (κ1) is 17.5. The number of aryl methyl sites for hydroxylation is 2. The van der Waals surface area contributed by atoms with Crippen LogP contribution in [-0.4, -0.2) is 11.1 Å². The molecule has 0 radical (unpaired) electrons. The first-order valence-electron chi connectivity index (χ1n) is 6.81. The third-order valence-electron chi connectivity index (χ3n) is 3.15. The highest BCUT2D eigenvalue weighted by Crippen LogP contribution is 2.22. The van der Waals surface area contributed by atoms with Gasteiger partial charge in [0, 0.05) is 11.8 Å². The Balaban J connectivity index is 0.00000220. The van der Waals surface area contributed by atoms with E-state index in [2.05, 4.69) is 47.5 Å². The predicted molar refractivity (Wildman–Crippen MR) is 96.1 cm³/mol. The van der Waals surface area contributed by atoms with Gasteiger partial charge in [-0.05, 0) is 24.0 Å². The topological polar surface area (TPSA) is 76.4 Å². The smallest absolute Gasteiger partial charge is 0.193 e. The van der Waals surface area contributed by atoms with E-state index in [-0.39, 0.29) is 24.0 Å². The lowest BCUT2D eigenvalue weighted by Gasteiger charge is -2.14. The number of para-hydroxylation sites is 1. The van der Waals surface area contributed by atoms with Gasteiger partial charge < -0.3 is 15.6 Å². The number of nitrogens with one attached hydrogen (secondary N) is 1. The summed E-state index contributed by atoms with van der Waals surface area (Å²) in [6.07, 6.45) is 3.43. The van der Waals surface area contributed by atoms with Gasteiger partial charge in [0.2, 0.25) is 0 Å². The van der Waals surface area contributed by atoms with Crippen LogP contribution >= 0.6 is 24.0 Å². The average molecular weight is 400 g/mol. The summed E-state index contributed by atoms with van der Waals surface area (Å²) in [5.41, 5.74) is 10.3. The summed E-state index contributed by atoms with van der Waals surface area (Å²) >= 11 is 0. The molecule has 0 aliphatic rings. The summed E-state index contributed by atoms with van der Waals surface area (Å²) in [7, 11) is 0. The quantitative estimate of drug-likeness (QED) is 0.459. The molecule has 2 aromatic rings. The molecule has 0 bridgehead atoms. The number of aliphatic imine (C=N–C) groups is 1. The fourth-order valence-corrected chi connectivity index (χ4v) is 2.06. The number of nitrogens with zero attached hydrogens (tertiary/aromatic N) is 2. The number of hydrogen-bond donors (Lipinski definition) is 2. The van der Waals surface area contributed by atoms with Gasteiger partial charge in [-0.2, -0.15) is 0 Å². The number of halogens is 1. The fraction of sp³-hybridized carbons (Fsp3) is 0.333. The molecule has 1 aromatic heterocycles. The average Bonchev–Trinajstić information content (AvgIpc) is 2.98. The van der Waals surface area contributed by atoms with Crippen molar-refractivity contribution in [2.45, 2.75) is 33.2 Å². The van der Waals surface area contributed by atoms with Crippen LogP contribution < -0.4 is 11.1 Å². The van der Waals surface area contributed by atoms with Crippen LogP contribution in [0.3, 0.4) is 0 Å². The first-order chi connectivity index (χ1) is 9.74. The Hall–Kier alpha value is -1.57. The van der Waals surface area contributed by atoms with Crippen molar-refractivity contribution in [2.75, 3.05) is 5.32 Å². The van der Waals surface area contributed by atoms with E-state index in [0.29, 0.717) is 12.5 Å². The van der Waals surface area contributed by atoms with Gasteiger partial charge >= 0.3 is 0 Å². The maximum Gasteiger partial charge on any atom is 0.193 e. The van der Waals surface area contributed by atoms with Crippen LogP contribution in [0.25, 0.3) is 0 Å². The van der Waals surface area contributed by atoms with Gasteiger partial charge in [0.25, 0.3) is 0 Å². The van der Waals surface area contributed by atoms with E-state index in [9.17, 15) is 0 Å². The number of benzene rings is 1. The maximum atomic E-state index is 5.95. The number of anilines is 1. The molecule has 0 saturated heterocycles. The zero-order chi connectivity index (χ0) is 14.4. The van der Waals surface area contributed by atoms with Crippen molar-refractivity contribution >= 4 is 35.6 Å². The largest absolute Gasteiger partial charge is 0.370 e. The highest BCUT2D eigenvalue weighted by Gasteiger charge is 2.07. The molecule has 1 aromatic carbocycles. The molecule has 0 aliphatic carbocycles. The van der Waals surface area contributed by atoms with Crippen LogP contribution in [0.5, 0.6) is 0 Å². The minimum Gasteiger partial charge on any atom is -0.370 e. The number of hydrogen-bond acceptors (Lipinski definition) is 3. The van der Waals surface area contributed by atoms with Crippen molar-refractivity contribution in [2.24, 2.45) is 10.7 Å². The van der Waals surface area contributed by atoms with Crippen LogP contribution in [0.2, 0.25) is 0 Å². The molecule has 0 saturated carbocycles. The summed E-state index contributed by atoms with van der Waals surface area (Å²) in [4.78, 5) is 4.27. The van der Waals surface area contributed by atoms with Crippen LogP contribution in [0.4, 0.5) is 5.69 Å². The number of aromatic nitrogens is 1. The molecule has 5 nitrogen and oxygen atoms in total. The van der Waals surface area contributed by atoms with Gasteiger partial charge in [0.05, 0.1) is 6.54 Å². The summed E-state index contributed by atoms with van der Waals surface area (Å²) in [6, 6.07) is 8.05. The Kier molecular flexibility index (Phi) is 7.21. The van der Waals surface area contributed by atoms with Gasteiger partial charge in [0.15, 0.2) is 5.96 Å². The van der Waals surface area contributed by atoms with Gasteiger partial charge in [-0.25, -0.2) is 4.99 Å². The molecule has 0 amide bonds. The standard InChI is InChI=1S/C15H20N4O.HI/c1-3-11-6-5-7-12(4-2)14(11)18-15(16)17-10-13-8-9-20-19-13;/h5-9H,3-4,10H2,1-2H3,(H3,16,17,18);1H. The summed E-state index contributed by atoms with van der Waals surface area (Å²) in [5.74, 6) is 0.392. The Bertz CT molecular complexity index is 559. The van der Waals surface area contributed by atoms with E-state index in [1.807, 2.05) is 0 Å². The minimum atomic E-state index is 0. The lowest BCUT2D eigenvalue weighted by Crippen LogP contribution is -2.24. The second kappa shape index (κ2) is 8.66. The number of guanidine groups is 1. The molecule has 0 fully saturated rings. The number of nitrogens with two attached hydrogens (primary N) is 1. The molecular weight excluding hydrogens is 379 g/mol. The molecule has 0 aliphatic heterocycles. The Labute approximate surface area is 142 Å². The van der Waals surface area contributed by atoms with Crippen LogP contribution in [0, 0.1) is 0 Å². The maximum absolute atomic E-state index is 5.95. The fourth-order valence-electron chi connectivity index (χ4n) is 2.06. The van der Waals surface area contributed by atoms with E-state index >= 15 is 0 Å². The molecule has 114 valence electrons. The zero-order valence-electron chi connectivity index (χ0n) is 12.3. The number of rotatable bonds is 5. The van der Waals surface area contributed by atoms with Crippen molar-refractivity contribution in [3.63, 3.8) is 0 Å². The van der Waals surface area contributed by atoms with Crippen LogP contribution in [0.1, 0.15) is 30.7 Å². The normalized spacial score (nSPS) is 11.0. The molecule has 0 spiro atoms. The van der Waals surface area contributed by atoms with Gasteiger partial charge in [-0.15, -0.1) is 24.0 Å². The van der Waals surface area contributed by atoms with Gasteiger partial charge in [-0.1, -0.05) is 37.2 Å². The molecule has 1 heterocycles. The summed E-state index contributed by atoms with van der Waals surface area (Å²) in [5, 5.41) is 7.01. The third-order valence-corrected chi connectivity index (χ3v) is 3.15. The lowest BCUT2D eigenvalue weighted by molar-refractivity contribution is 0.412. The van der Waals surface area contributed by atoms with Crippen molar-refractivity contribution in [3.05, 3.63) is 47.3 Å². The SMILES string of the molecule is CCc1cccc(CC)c1NC(N)=NCc1ccon1.I. The van der Waals surface area contributed by atoms with Gasteiger partial charge in [0.1, 0.15) is 12.0 Å². The van der Waals surface area contributed by atoms with Crippen LogP contribution in [0.15, 0.2) is 40.0 Å². The predicted octanol–water partition coefficient (Wildman–Crippen LogP) is 3.34. The third kappa shape index (κ3) is 4.73. The lowest BCUT2D eigenvalue weighted by atomic mass is 10.0. The van der Waals surface area contributed by atoms with E-state index in [4.69, 9.17) is 10.3 Å². The first-order valence-corrected chi connectivity index (χ1v) is 6.81. The summed E-state index contributed by atoms with van der Waals surface area (Å²) < 4.78 is 4.76. The van der Waals surface area contributed by atoms with Gasteiger partial charge in [-0.3, -0.25) is 0 Å².